The average molecular weight is 413 g/mol. The molecule has 7 heteroatoms. The third kappa shape index (κ3) is 5.34. The van der Waals surface area contributed by atoms with Gasteiger partial charge >= 0.3 is 0 Å². The number of carbonyl (C=O) groups is 1. The molecule has 3 rings (SSSR count). The molecule has 0 spiro atoms. The summed E-state index contributed by atoms with van der Waals surface area (Å²) >= 11 is 1.37. The molecule has 1 atom stereocenters. The summed E-state index contributed by atoms with van der Waals surface area (Å²) in [6.07, 6.45) is 1.61. The molecule has 1 heterocycles. The summed E-state index contributed by atoms with van der Waals surface area (Å²) in [6, 6.07) is 15.2. The van der Waals surface area contributed by atoms with Crippen LogP contribution in [0.5, 0.6) is 11.5 Å². The van der Waals surface area contributed by atoms with E-state index in [-0.39, 0.29) is 11.9 Å². The van der Waals surface area contributed by atoms with Crippen molar-refractivity contribution in [3.05, 3.63) is 65.2 Å². The van der Waals surface area contributed by atoms with Crippen LogP contribution >= 0.6 is 11.3 Å². The number of hydrogen-bond acceptors (Lipinski definition) is 6. The number of nitrogens with one attached hydrogen (secondary N) is 1. The van der Waals surface area contributed by atoms with E-state index in [1.165, 1.54) is 11.3 Å². The first-order valence-corrected chi connectivity index (χ1v) is 10.1. The summed E-state index contributed by atoms with van der Waals surface area (Å²) in [5.74, 6) is 1.10. The van der Waals surface area contributed by atoms with Gasteiger partial charge in [0, 0.05) is 12.7 Å². The van der Waals surface area contributed by atoms with E-state index in [1.54, 1.807) is 20.4 Å². The highest BCUT2D eigenvalue weighted by Crippen LogP contribution is 2.31. The average Bonchev–Trinajstić information content (AvgIpc) is 3.25. The molecule has 0 saturated heterocycles. The summed E-state index contributed by atoms with van der Waals surface area (Å²) in [5, 5.41) is 3.84. The molecule has 1 N–H and O–H groups in total. The first-order valence-electron chi connectivity index (χ1n) is 9.24. The Morgan fingerprint density at radius 1 is 1.10 bits per heavy atom. The normalized spacial score (nSPS) is 11.7. The molecule has 6 nitrogen and oxygen atoms in total. The van der Waals surface area contributed by atoms with Gasteiger partial charge in [-0.3, -0.25) is 4.79 Å². The molecule has 0 fully saturated rings. The van der Waals surface area contributed by atoms with Gasteiger partial charge < -0.3 is 19.5 Å². The summed E-state index contributed by atoms with van der Waals surface area (Å²) in [4.78, 5) is 17.6. The molecule has 1 aromatic heterocycles. The molecule has 0 radical (unpaired) electrons. The Balaban J connectivity index is 1.67. The van der Waals surface area contributed by atoms with Gasteiger partial charge in [-0.25, -0.2) is 4.98 Å². The Morgan fingerprint density at radius 2 is 1.90 bits per heavy atom. The SMILES string of the molecule is COCCOc1ccc(C(C)NC(=O)c2cnc(-c3ccccc3)s2)cc1OC. The van der Waals surface area contributed by atoms with Gasteiger partial charge in [-0.15, -0.1) is 11.3 Å². The Hall–Kier alpha value is -2.90. The fourth-order valence-electron chi connectivity index (χ4n) is 2.75. The van der Waals surface area contributed by atoms with E-state index in [0.29, 0.717) is 29.6 Å². The van der Waals surface area contributed by atoms with Gasteiger partial charge in [0.15, 0.2) is 11.5 Å². The number of methoxy groups -OCH3 is 2. The standard InChI is InChI=1S/C22H24N2O4S/c1-15(17-9-10-18(19(13-17)27-3)28-12-11-26-2)24-21(25)20-14-23-22(29-20)16-7-5-4-6-8-16/h4-10,13-15H,11-12H2,1-3H3,(H,24,25). The van der Waals surface area contributed by atoms with Crippen LogP contribution in [0.1, 0.15) is 28.2 Å². The van der Waals surface area contributed by atoms with Gasteiger partial charge in [0.05, 0.1) is 26.0 Å². The number of ether oxygens (including phenoxy) is 3. The van der Waals surface area contributed by atoms with Crippen molar-refractivity contribution < 1.29 is 19.0 Å². The van der Waals surface area contributed by atoms with Crippen molar-refractivity contribution >= 4 is 17.2 Å². The quantitative estimate of drug-likeness (QED) is 0.530. The highest BCUT2D eigenvalue weighted by atomic mass is 32.1. The van der Waals surface area contributed by atoms with Crippen LogP contribution in [0.25, 0.3) is 10.6 Å². The van der Waals surface area contributed by atoms with Crippen LogP contribution in [-0.4, -0.2) is 38.3 Å². The monoisotopic (exact) mass is 412 g/mol. The minimum absolute atomic E-state index is 0.156. The van der Waals surface area contributed by atoms with E-state index >= 15 is 0 Å². The minimum Gasteiger partial charge on any atom is -0.493 e. The highest BCUT2D eigenvalue weighted by molar-refractivity contribution is 7.16. The van der Waals surface area contributed by atoms with Crippen molar-refractivity contribution in [2.45, 2.75) is 13.0 Å². The lowest BCUT2D eigenvalue weighted by Crippen LogP contribution is -2.25. The molecule has 3 aromatic rings. The molecule has 0 aliphatic rings. The van der Waals surface area contributed by atoms with E-state index in [9.17, 15) is 4.79 Å². The molecular weight excluding hydrogens is 388 g/mol. The molecule has 0 aliphatic heterocycles. The molecule has 2 aromatic carbocycles. The number of hydrogen-bond donors (Lipinski definition) is 1. The van der Waals surface area contributed by atoms with Crippen LogP contribution in [0.2, 0.25) is 0 Å². The first kappa shape index (κ1) is 20.8. The summed E-state index contributed by atoms with van der Waals surface area (Å²) in [7, 11) is 3.22. The van der Waals surface area contributed by atoms with Gasteiger partial charge in [-0.1, -0.05) is 36.4 Å². The van der Waals surface area contributed by atoms with Crippen molar-refractivity contribution in [1.82, 2.24) is 10.3 Å². The first-order chi connectivity index (χ1) is 14.1. The van der Waals surface area contributed by atoms with Gasteiger partial charge in [-0.2, -0.15) is 0 Å². The van der Waals surface area contributed by atoms with E-state index in [4.69, 9.17) is 14.2 Å². The van der Waals surface area contributed by atoms with Crippen molar-refractivity contribution in [2.75, 3.05) is 27.4 Å². The molecule has 152 valence electrons. The van der Waals surface area contributed by atoms with Gasteiger partial charge in [0.2, 0.25) is 0 Å². The van der Waals surface area contributed by atoms with Crippen molar-refractivity contribution in [3.63, 3.8) is 0 Å². The second-order valence-corrected chi connectivity index (χ2v) is 7.37. The number of benzene rings is 2. The van der Waals surface area contributed by atoms with Crippen LogP contribution < -0.4 is 14.8 Å². The second-order valence-electron chi connectivity index (χ2n) is 6.34. The minimum atomic E-state index is -0.202. The number of rotatable bonds is 9. The molecule has 0 aliphatic carbocycles. The number of nitrogens with zero attached hydrogens (tertiary/aromatic N) is 1. The predicted octanol–water partition coefficient (Wildman–Crippen LogP) is 4.33. The van der Waals surface area contributed by atoms with E-state index < -0.39 is 0 Å². The van der Waals surface area contributed by atoms with Gasteiger partial charge in [0.1, 0.15) is 16.5 Å². The largest absolute Gasteiger partial charge is 0.493 e. The highest BCUT2D eigenvalue weighted by Gasteiger charge is 2.16. The Kier molecular flexibility index (Phi) is 7.21. The summed E-state index contributed by atoms with van der Waals surface area (Å²) in [6.45, 7) is 2.86. The maximum atomic E-state index is 12.7. The van der Waals surface area contributed by atoms with Crippen LogP contribution in [0.4, 0.5) is 0 Å². The molecular formula is C22H24N2O4S. The van der Waals surface area contributed by atoms with Gasteiger partial charge in [0.25, 0.3) is 5.91 Å². The van der Waals surface area contributed by atoms with Crippen LogP contribution in [0, 0.1) is 0 Å². The summed E-state index contributed by atoms with van der Waals surface area (Å²) in [5.41, 5.74) is 1.92. The zero-order valence-electron chi connectivity index (χ0n) is 16.7. The summed E-state index contributed by atoms with van der Waals surface area (Å²) < 4.78 is 16.1. The van der Waals surface area contributed by atoms with E-state index in [0.717, 1.165) is 16.1 Å². The molecule has 0 saturated carbocycles. The fraction of sp³-hybridized carbons (Fsp3) is 0.273. The molecule has 0 bridgehead atoms. The van der Waals surface area contributed by atoms with Crippen molar-refractivity contribution in [1.29, 1.82) is 0 Å². The topological polar surface area (TPSA) is 69.7 Å². The lowest BCUT2D eigenvalue weighted by molar-refractivity contribution is 0.0943. The number of carbonyl (C=O) groups excluding carboxylic acids is 1. The van der Waals surface area contributed by atoms with Crippen molar-refractivity contribution in [3.8, 4) is 22.1 Å². The lowest BCUT2D eigenvalue weighted by atomic mass is 10.1. The maximum absolute atomic E-state index is 12.7. The van der Waals surface area contributed by atoms with Crippen LogP contribution in [-0.2, 0) is 4.74 Å². The number of aromatic nitrogens is 1. The zero-order valence-corrected chi connectivity index (χ0v) is 17.5. The number of amides is 1. The van der Waals surface area contributed by atoms with Crippen molar-refractivity contribution in [2.24, 2.45) is 0 Å². The predicted molar refractivity (Wildman–Crippen MR) is 114 cm³/mol. The van der Waals surface area contributed by atoms with E-state index in [1.807, 2.05) is 55.5 Å². The molecule has 1 unspecified atom stereocenters. The molecule has 29 heavy (non-hydrogen) atoms. The van der Waals surface area contributed by atoms with Crippen LogP contribution in [0.3, 0.4) is 0 Å². The van der Waals surface area contributed by atoms with Crippen LogP contribution in [0.15, 0.2) is 54.7 Å². The third-order valence-electron chi connectivity index (χ3n) is 4.33. The fourth-order valence-corrected chi connectivity index (χ4v) is 3.58. The smallest absolute Gasteiger partial charge is 0.263 e. The lowest BCUT2D eigenvalue weighted by Gasteiger charge is -2.17. The number of thiazole rings is 1. The van der Waals surface area contributed by atoms with Gasteiger partial charge in [-0.05, 0) is 24.6 Å². The Morgan fingerprint density at radius 3 is 2.62 bits per heavy atom. The molecule has 1 amide bonds. The maximum Gasteiger partial charge on any atom is 0.263 e. The van der Waals surface area contributed by atoms with E-state index in [2.05, 4.69) is 10.3 Å². The third-order valence-corrected chi connectivity index (χ3v) is 5.38. The Labute approximate surface area is 174 Å². The Bertz CT molecular complexity index is 943. The zero-order chi connectivity index (χ0) is 20.6. The second kappa shape index (κ2) is 10.0.